The van der Waals surface area contributed by atoms with E-state index >= 15 is 0 Å². The second-order valence-electron chi connectivity index (χ2n) is 20.8. The van der Waals surface area contributed by atoms with Crippen LogP contribution < -0.4 is 61.9 Å². The summed E-state index contributed by atoms with van der Waals surface area (Å²) in [4.78, 5) is 9.71. The van der Waals surface area contributed by atoms with Crippen LogP contribution in [0.3, 0.4) is 0 Å². The van der Waals surface area contributed by atoms with E-state index in [1.807, 2.05) is 0 Å². The largest absolute Gasteiger partial charge is 0.458 e. The molecule has 0 spiro atoms. The number of hydrogen-bond acceptors (Lipinski definition) is 6. The van der Waals surface area contributed by atoms with E-state index in [1.54, 1.807) is 0 Å². The fraction of sp³-hybridized carbons (Fsp3) is 0. The smallest absolute Gasteiger partial charge is 0.256 e. The highest BCUT2D eigenvalue weighted by Crippen LogP contribution is 2.51. The normalized spacial score (nSPS) is 12.8. The van der Waals surface area contributed by atoms with Gasteiger partial charge < -0.3 is 29.1 Å². The molecule has 0 atom stereocenters. The summed E-state index contributed by atoms with van der Waals surface area (Å²) >= 11 is 0. The van der Waals surface area contributed by atoms with Crippen LogP contribution in [0.2, 0.25) is 0 Å². The summed E-state index contributed by atoms with van der Waals surface area (Å²) in [6, 6.07) is 105. The summed E-state index contributed by atoms with van der Waals surface area (Å²) in [5.74, 6) is 3.36. The second-order valence-corrected chi connectivity index (χ2v) is 20.8. The van der Waals surface area contributed by atoms with Crippen LogP contribution in [-0.2, 0) is 0 Å². The van der Waals surface area contributed by atoms with Crippen molar-refractivity contribution in [2.45, 2.75) is 0 Å². The lowest BCUT2D eigenvalue weighted by Crippen LogP contribution is -2.63. The van der Waals surface area contributed by atoms with Crippen molar-refractivity contribution in [2.75, 3.05) is 19.6 Å². The Balaban J connectivity index is 1.02. The van der Waals surface area contributed by atoms with Crippen molar-refractivity contribution in [3.63, 3.8) is 0 Å². The molecule has 0 aromatic heterocycles. The predicted molar refractivity (Wildman–Crippen MR) is 333 cm³/mol. The first-order valence-corrected chi connectivity index (χ1v) is 27.4. The van der Waals surface area contributed by atoms with E-state index in [0.29, 0.717) is 0 Å². The van der Waals surface area contributed by atoms with Crippen molar-refractivity contribution in [2.24, 2.45) is 0 Å². The molecule has 0 N–H and O–H groups in total. The van der Waals surface area contributed by atoms with E-state index in [0.717, 1.165) is 124 Å². The molecular weight excluding hydrogens is 974 g/mol. The van der Waals surface area contributed by atoms with Crippen LogP contribution in [0.5, 0.6) is 23.0 Å². The zero-order valence-corrected chi connectivity index (χ0v) is 43.5. The Morgan fingerprint density at radius 1 is 0.263 bits per heavy atom. The lowest BCUT2D eigenvalue weighted by Gasteiger charge is -2.45. The van der Waals surface area contributed by atoms with Gasteiger partial charge in [-0.15, -0.1) is 0 Å². The molecule has 0 saturated heterocycles. The fourth-order valence-corrected chi connectivity index (χ4v) is 13.0. The van der Waals surface area contributed by atoms with E-state index in [1.165, 1.54) is 10.9 Å². The fourth-order valence-electron chi connectivity index (χ4n) is 13.0. The number of hydrogen-bond donors (Lipinski definition) is 0. The standard InChI is InChI=1S/C72H48B2N4O2/c1-7-25-49(26-8-1)57-37-19-22-40-62(57)78-64-48-63-60(47-61(64)74-59-39-21-24-42-68(59)80-70-46-56(44-66(78)72(70)74)76(52-31-13-4-14-32-52)53-33-15-5-16-34-53)73-58-38-20-23-41-67(58)79-69-45-55(43-65(71(69)73)77(63)54-35-17-6-18-36-54)75(50-27-9-2-10-28-50)51-29-11-3-12-30-51/h1-48H. The van der Waals surface area contributed by atoms with Gasteiger partial charge in [-0.25, -0.2) is 0 Å². The summed E-state index contributed by atoms with van der Waals surface area (Å²) in [5, 5.41) is 0. The molecule has 6 nitrogen and oxygen atoms in total. The zero-order valence-electron chi connectivity index (χ0n) is 43.5. The molecule has 0 aliphatic carbocycles. The molecule has 0 unspecified atom stereocenters. The molecule has 4 aliphatic heterocycles. The van der Waals surface area contributed by atoms with Crippen molar-refractivity contribution < 1.29 is 9.47 Å². The van der Waals surface area contributed by atoms with Crippen LogP contribution in [-0.4, -0.2) is 13.4 Å². The number of nitrogens with zero attached hydrogens (tertiary/aromatic N) is 4. The summed E-state index contributed by atoms with van der Waals surface area (Å²) in [6.45, 7) is -0.356. The van der Waals surface area contributed by atoms with Crippen LogP contribution >= 0.6 is 0 Å². The number of rotatable bonds is 9. The van der Waals surface area contributed by atoms with Crippen molar-refractivity contribution in [3.05, 3.63) is 291 Å². The van der Waals surface area contributed by atoms with E-state index in [-0.39, 0.29) is 13.4 Å². The summed E-state index contributed by atoms with van der Waals surface area (Å²) in [7, 11) is 0. The molecule has 0 bridgehead atoms. The first-order valence-electron chi connectivity index (χ1n) is 27.4. The van der Waals surface area contributed by atoms with Crippen LogP contribution in [0.15, 0.2) is 291 Å². The molecule has 0 fully saturated rings. The first-order chi connectivity index (χ1) is 39.7. The highest BCUT2D eigenvalue weighted by atomic mass is 16.5. The maximum Gasteiger partial charge on any atom is 0.256 e. The number of ether oxygens (including phenoxy) is 2. The third kappa shape index (κ3) is 7.30. The average Bonchev–Trinajstić information content (AvgIpc) is 3.68. The highest BCUT2D eigenvalue weighted by Gasteiger charge is 2.48. The second kappa shape index (κ2) is 18.6. The Kier molecular flexibility index (Phi) is 10.7. The molecule has 4 heterocycles. The summed E-state index contributed by atoms with van der Waals surface area (Å²) in [5.41, 5.74) is 21.7. The Morgan fingerprint density at radius 3 is 1.14 bits per heavy atom. The van der Waals surface area contributed by atoms with Gasteiger partial charge in [0.2, 0.25) is 0 Å². The Hall–Kier alpha value is -10.4. The molecule has 80 heavy (non-hydrogen) atoms. The SMILES string of the molecule is c1ccc(-c2ccccc2N2c3cc4c(cc3B3c5ccccc5Oc5cc(N(c6ccccc6)c6ccccc6)cc2c53)B2c3ccccc3Oc3cc(N(c5ccccc5)c5ccccc5)cc(c32)N4c2ccccc2)cc1. The zero-order chi connectivity index (χ0) is 52.7. The minimum atomic E-state index is -0.185. The molecule has 0 amide bonds. The van der Waals surface area contributed by atoms with Gasteiger partial charge in [-0.05, 0) is 135 Å². The lowest BCUT2D eigenvalue weighted by atomic mass is 9.31. The maximum atomic E-state index is 7.26. The van der Waals surface area contributed by atoms with Crippen molar-refractivity contribution in [3.8, 4) is 34.1 Å². The molecule has 0 saturated carbocycles. The monoisotopic (exact) mass is 1020 g/mol. The topological polar surface area (TPSA) is 31.4 Å². The molecule has 0 radical (unpaired) electrons. The van der Waals surface area contributed by atoms with E-state index in [4.69, 9.17) is 9.47 Å². The van der Waals surface area contributed by atoms with Gasteiger partial charge in [-0.3, -0.25) is 0 Å². The third-order valence-electron chi connectivity index (χ3n) is 16.3. The summed E-state index contributed by atoms with van der Waals surface area (Å²) in [6.07, 6.45) is 0. The predicted octanol–water partition coefficient (Wildman–Crippen LogP) is 15.1. The first kappa shape index (κ1) is 45.7. The van der Waals surface area contributed by atoms with Gasteiger partial charge in [0.1, 0.15) is 23.0 Å². The van der Waals surface area contributed by atoms with Crippen LogP contribution in [0.1, 0.15) is 0 Å². The van der Waals surface area contributed by atoms with E-state index in [2.05, 4.69) is 311 Å². The molecule has 12 aromatic carbocycles. The van der Waals surface area contributed by atoms with Gasteiger partial charge in [0.15, 0.2) is 0 Å². The molecular formula is C72H48B2N4O2. The number of fused-ring (bicyclic) bond motifs is 8. The molecule has 4 aliphatic rings. The van der Waals surface area contributed by atoms with Gasteiger partial charge in [-0.1, -0.05) is 182 Å². The molecule has 16 rings (SSSR count). The van der Waals surface area contributed by atoms with Gasteiger partial charge >= 0.3 is 0 Å². The van der Waals surface area contributed by atoms with E-state index in [9.17, 15) is 0 Å². The van der Waals surface area contributed by atoms with Crippen molar-refractivity contribution in [1.29, 1.82) is 0 Å². The number of para-hydroxylation sites is 8. The molecule has 8 heteroatoms. The van der Waals surface area contributed by atoms with Crippen LogP contribution in [0.25, 0.3) is 11.1 Å². The summed E-state index contributed by atoms with van der Waals surface area (Å²) < 4.78 is 14.5. The van der Waals surface area contributed by atoms with Crippen LogP contribution in [0, 0.1) is 0 Å². The van der Waals surface area contributed by atoms with Gasteiger partial charge in [-0.2, -0.15) is 0 Å². The lowest BCUT2D eigenvalue weighted by molar-refractivity contribution is 0.487. The van der Waals surface area contributed by atoms with Crippen molar-refractivity contribution in [1.82, 2.24) is 0 Å². The van der Waals surface area contributed by atoms with E-state index < -0.39 is 0 Å². The number of anilines is 12. The Labute approximate surface area is 466 Å². The van der Waals surface area contributed by atoms with Crippen LogP contribution in [0.4, 0.5) is 68.2 Å². The minimum Gasteiger partial charge on any atom is -0.458 e. The van der Waals surface area contributed by atoms with Gasteiger partial charge in [0.25, 0.3) is 13.4 Å². The minimum absolute atomic E-state index is 0.171. The van der Waals surface area contributed by atoms with Crippen molar-refractivity contribution >= 4 is 114 Å². The van der Waals surface area contributed by atoms with Gasteiger partial charge in [0, 0.05) is 68.9 Å². The quantitative estimate of drug-likeness (QED) is 0.134. The average molecular weight is 1020 g/mol. The molecule has 12 aromatic rings. The third-order valence-corrected chi connectivity index (χ3v) is 16.3. The highest BCUT2D eigenvalue weighted by molar-refractivity contribution is 7.02. The Bertz CT molecular complexity index is 4260. The maximum absolute atomic E-state index is 7.26. The Morgan fingerprint density at radius 2 is 0.650 bits per heavy atom. The van der Waals surface area contributed by atoms with Gasteiger partial charge in [0.05, 0.1) is 17.1 Å². The number of benzene rings is 12. The molecule has 374 valence electrons.